The number of carboxylic acids is 1. The van der Waals surface area contributed by atoms with Crippen LogP contribution in [0.3, 0.4) is 0 Å². The molecule has 2 aromatic rings. The van der Waals surface area contributed by atoms with Gasteiger partial charge in [0.25, 0.3) is 0 Å². The number of methoxy groups -OCH3 is 1. The summed E-state index contributed by atoms with van der Waals surface area (Å²) in [6, 6.07) is 10.3. The number of aromatic carboxylic acids is 1. The third-order valence-corrected chi connectivity index (χ3v) is 3.52. The van der Waals surface area contributed by atoms with Crippen LogP contribution in [-0.2, 0) is 4.74 Å². The highest BCUT2D eigenvalue weighted by Gasteiger charge is 2.10. The van der Waals surface area contributed by atoms with Crippen LogP contribution >= 0.6 is 0 Å². The molecule has 0 radical (unpaired) electrons. The fourth-order valence-electron chi connectivity index (χ4n) is 2.23. The number of nitrogens with two attached hydrogens (primary N) is 1. The van der Waals surface area contributed by atoms with Gasteiger partial charge in [-0.3, -0.25) is 0 Å². The van der Waals surface area contributed by atoms with E-state index in [2.05, 4.69) is 11.8 Å². The lowest BCUT2D eigenvalue weighted by Crippen LogP contribution is -2.18. The molecule has 130 valence electrons. The van der Waals surface area contributed by atoms with Gasteiger partial charge in [-0.05, 0) is 49.7 Å². The molecule has 0 heterocycles. The first-order valence-corrected chi connectivity index (χ1v) is 7.81. The molecule has 25 heavy (non-hydrogen) atoms. The predicted molar refractivity (Wildman–Crippen MR) is 96.9 cm³/mol. The number of benzene rings is 2. The number of anilines is 1. The van der Waals surface area contributed by atoms with Crippen molar-refractivity contribution in [2.75, 3.05) is 19.5 Å². The van der Waals surface area contributed by atoms with Crippen molar-refractivity contribution in [1.82, 2.24) is 0 Å². The van der Waals surface area contributed by atoms with Crippen molar-refractivity contribution in [3.63, 3.8) is 0 Å². The van der Waals surface area contributed by atoms with Crippen molar-refractivity contribution in [1.29, 1.82) is 0 Å². The minimum absolute atomic E-state index is 0.120. The SMILES string of the molecule is COC[C@H](C)Oc1cc(C#Cc2ccc(C)c(N)c2)cc(C(=O)O)c1. The minimum atomic E-state index is -1.03. The van der Waals surface area contributed by atoms with E-state index in [0.717, 1.165) is 11.1 Å². The van der Waals surface area contributed by atoms with Gasteiger partial charge in [-0.2, -0.15) is 0 Å². The number of hydrogen-bond acceptors (Lipinski definition) is 4. The average Bonchev–Trinajstić information content (AvgIpc) is 2.56. The van der Waals surface area contributed by atoms with E-state index in [1.807, 2.05) is 26.0 Å². The number of carbonyl (C=O) groups is 1. The highest BCUT2D eigenvalue weighted by atomic mass is 16.5. The standard InChI is InChI=1S/C20H21NO4/c1-13-4-5-15(10-19(13)21)6-7-16-8-17(20(22)23)11-18(9-16)25-14(2)12-24-3/h4-5,8-11,14H,12,21H2,1-3H3,(H,22,23)/t14-/m0/s1. The summed E-state index contributed by atoms with van der Waals surface area (Å²) in [5.74, 6) is 5.37. The molecule has 0 saturated heterocycles. The smallest absolute Gasteiger partial charge is 0.335 e. The quantitative estimate of drug-likeness (QED) is 0.646. The Labute approximate surface area is 147 Å². The Morgan fingerprint density at radius 3 is 2.56 bits per heavy atom. The Hall–Kier alpha value is -2.97. The first-order valence-electron chi connectivity index (χ1n) is 7.81. The summed E-state index contributed by atoms with van der Waals surface area (Å²) in [5.41, 5.74) is 8.98. The first kappa shape index (κ1) is 18.4. The van der Waals surface area contributed by atoms with Crippen LogP contribution in [0.5, 0.6) is 5.75 Å². The first-order chi connectivity index (χ1) is 11.9. The zero-order chi connectivity index (χ0) is 18.4. The van der Waals surface area contributed by atoms with E-state index >= 15 is 0 Å². The van der Waals surface area contributed by atoms with Gasteiger partial charge in [0.1, 0.15) is 11.9 Å². The second-order valence-corrected chi connectivity index (χ2v) is 5.76. The molecule has 0 aliphatic heterocycles. The lowest BCUT2D eigenvalue weighted by atomic mass is 10.1. The summed E-state index contributed by atoms with van der Waals surface area (Å²) in [6.07, 6.45) is -0.202. The summed E-state index contributed by atoms with van der Waals surface area (Å²) in [5, 5.41) is 9.28. The Morgan fingerprint density at radius 1 is 1.20 bits per heavy atom. The highest BCUT2D eigenvalue weighted by molar-refractivity contribution is 5.88. The largest absolute Gasteiger partial charge is 0.488 e. The average molecular weight is 339 g/mol. The zero-order valence-corrected chi connectivity index (χ0v) is 14.5. The van der Waals surface area contributed by atoms with Gasteiger partial charge >= 0.3 is 5.97 Å². The van der Waals surface area contributed by atoms with E-state index in [1.54, 1.807) is 19.2 Å². The fourth-order valence-corrected chi connectivity index (χ4v) is 2.23. The minimum Gasteiger partial charge on any atom is -0.488 e. The van der Waals surface area contributed by atoms with E-state index in [1.165, 1.54) is 12.1 Å². The number of aryl methyl sites for hydroxylation is 1. The van der Waals surface area contributed by atoms with Gasteiger partial charge in [0.2, 0.25) is 0 Å². The molecule has 0 aromatic heterocycles. The van der Waals surface area contributed by atoms with Gasteiger partial charge in [0.15, 0.2) is 0 Å². The number of ether oxygens (including phenoxy) is 2. The molecule has 0 unspecified atom stereocenters. The monoisotopic (exact) mass is 339 g/mol. The Morgan fingerprint density at radius 2 is 1.92 bits per heavy atom. The second kappa shape index (κ2) is 8.22. The normalized spacial score (nSPS) is 11.3. The lowest BCUT2D eigenvalue weighted by molar-refractivity contribution is 0.0694. The summed E-state index contributed by atoms with van der Waals surface area (Å²) in [6.45, 7) is 4.17. The van der Waals surface area contributed by atoms with Gasteiger partial charge in [-0.25, -0.2) is 4.79 Å². The Balaban J connectivity index is 2.33. The van der Waals surface area contributed by atoms with Crippen LogP contribution in [0.2, 0.25) is 0 Å². The molecule has 3 N–H and O–H groups in total. The van der Waals surface area contributed by atoms with E-state index in [-0.39, 0.29) is 11.7 Å². The van der Waals surface area contributed by atoms with E-state index in [9.17, 15) is 9.90 Å². The molecule has 1 atom stereocenters. The van der Waals surface area contributed by atoms with Gasteiger partial charge in [-0.15, -0.1) is 0 Å². The van der Waals surface area contributed by atoms with Crippen LogP contribution in [0.4, 0.5) is 5.69 Å². The summed E-state index contributed by atoms with van der Waals surface area (Å²) >= 11 is 0. The van der Waals surface area contributed by atoms with E-state index in [4.69, 9.17) is 15.2 Å². The summed E-state index contributed by atoms with van der Waals surface area (Å²) < 4.78 is 10.7. The molecule has 2 aromatic carbocycles. The third-order valence-electron chi connectivity index (χ3n) is 3.52. The van der Waals surface area contributed by atoms with Crippen molar-refractivity contribution in [3.05, 3.63) is 58.7 Å². The second-order valence-electron chi connectivity index (χ2n) is 5.76. The Kier molecular flexibility index (Phi) is 6.04. The number of hydrogen-bond donors (Lipinski definition) is 2. The molecule has 0 aliphatic rings. The zero-order valence-electron chi connectivity index (χ0n) is 14.5. The maximum Gasteiger partial charge on any atom is 0.335 e. The molecule has 0 bridgehead atoms. The number of carboxylic acid groups (broad SMARTS) is 1. The molecule has 0 fully saturated rings. The molecule has 0 aliphatic carbocycles. The van der Waals surface area contributed by atoms with Crippen LogP contribution in [-0.4, -0.2) is 30.9 Å². The maximum atomic E-state index is 11.3. The van der Waals surface area contributed by atoms with Gasteiger partial charge < -0.3 is 20.3 Å². The molecule has 0 spiro atoms. The maximum absolute atomic E-state index is 11.3. The topological polar surface area (TPSA) is 81.8 Å². The molecule has 5 heteroatoms. The van der Waals surface area contributed by atoms with Gasteiger partial charge in [0, 0.05) is 23.9 Å². The van der Waals surface area contributed by atoms with Crippen molar-refractivity contribution >= 4 is 11.7 Å². The Bertz CT molecular complexity index is 833. The van der Waals surface area contributed by atoms with Crippen LogP contribution in [0.1, 0.15) is 34.0 Å². The van der Waals surface area contributed by atoms with E-state index in [0.29, 0.717) is 23.6 Å². The predicted octanol–water partition coefficient (Wildman–Crippen LogP) is 3.09. The van der Waals surface area contributed by atoms with Crippen LogP contribution in [0.15, 0.2) is 36.4 Å². The van der Waals surface area contributed by atoms with Crippen LogP contribution < -0.4 is 10.5 Å². The van der Waals surface area contributed by atoms with Crippen molar-refractivity contribution in [2.24, 2.45) is 0 Å². The molecule has 0 saturated carbocycles. The fraction of sp³-hybridized carbons (Fsp3) is 0.250. The van der Waals surface area contributed by atoms with Crippen LogP contribution in [0, 0.1) is 18.8 Å². The molecular formula is C20H21NO4. The summed E-state index contributed by atoms with van der Waals surface area (Å²) in [7, 11) is 1.58. The molecular weight excluding hydrogens is 318 g/mol. The molecule has 0 amide bonds. The van der Waals surface area contributed by atoms with Crippen molar-refractivity contribution in [2.45, 2.75) is 20.0 Å². The lowest BCUT2D eigenvalue weighted by Gasteiger charge is -2.14. The number of rotatable bonds is 5. The molecule has 5 nitrogen and oxygen atoms in total. The third kappa shape index (κ3) is 5.27. The van der Waals surface area contributed by atoms with Crippen LogP contribution in [0.25, 0.3) is 0 Å². The van der Waals surface area contributed by atoms with E-state index < -0.39 is 5.97 Å². The van der Waals surface area contributed by atoms with Crippen molar-refractivity contribution < 1.29 is 19.4 Å². The number of nitrogen functional groups attached to an aromatic ring is 1. The highest BCUT2D eigenvalue weighted by Crippen LogP contribution is 2.19. The molecule has 2 rings (SSSR count). The van der Waals surface area contributed by atoms with Crippen molar-refractivity contribution in [3.8, 4) is 17.6 Å². The summed E-state index contributed by atoms with van der Waals surface area (Å²) in [4.78, 5) is 11.3. The van der Waals surface area contributed by atoms with Gasteiger partial charge in [0.05, 0.1) is 12.2 Å². The van der Waals surface area contributed by atoms with Gasteiger partial charge in [-0.1, -0.05) is 17.9 Å².